The normalized spacial score (nSPS) is 14.6. The Bertz CT molecular complexity index is 1390. The van der Waals surface area contributed by atoms with Crippen molar-refractivity contribution in [3.63, 3.8) is 0 Å². The topological polar surface area (TPSA) is 108 Å². The van der Waals surface area contributed by atoms with Crippen LogP contribution in [0.5, 0.6) is 0 Å². The molecule has 5 rings (SSSR count). The van der Waals surface area contributed by atoms with E-state index in [0.29, 0.717) is 36.7 Å². The average molecular weight is 520 g/mol. The first kappa shape index (κ1) is 27.4. The number of aryl methyl sites for hydroxylation is 1. The van der Waals surface area contributed by atoms with Gasteiger partial charge in [-0.25, -0.2) is 4.79 Å². The molecule has 1 N–H and O–H groups in total. The van der Waals surface area contributed by atoms with Crippen molar-refractivity contribution in [1.29, 1.82) is 0 Å². The Balaban J connectivity index is 0.00000336. The molecule has 0 radical (unpaired) electrons. The van der Waals surface area contributed by atoms with E-state index in [1.807, 2.05) is 78.9 Å². The van der Waals surface area contributed by atoms with Crippen molar-refractivity contribution in [3.8, 4) is 22.5 Å². The van der Waals surface area contributed by atoms with Crippen LogP contribution in [0.2, 0.25) is 0 Å². The van der Waals surface area contributed by atoms with Gasteiger partial charge in [0.15, 0.2) is 5.76 Å². The predicted octanol–water partition coefficient (Wildman–Crippen LogP) is 1.65. The van der Waals surface area contributed by atoms with Gasteiger partial charge in [-0.15, -0.1) is 0 Å². The standard InChI is InChI=1S/C29H27N3O5.Na/c1-19-26(30-29(35)36-18-20-5-3-2-4-6-20)27(37-31-19)23-9-7-21(8-10-23)22-11-13-25(14-12-22)32-16-15-24(17-32)28(33)34;/h2-14,24H,15-18H2,1H3,(H,30,35)(H,33,34);/q;+1/p-1. The Morgan fingerprint density at radius 3 is 2.26 bits per heavy atom. The van der Waals surface area contributed by atoms with Gasteiger partial charge < -0.3 is 24.1 Å². The van der Waals surface area contributed by atoms with Crippen LogP contribution < -0.4 is 44.9 Å². The number of nitrogens with zero attached hydrogens (tertiary/aromatic N) is 2. The van der Waals surface area contributed by atoms with Gasteiger partial charge in [-0.3, -0.25) is 5.32 Å². The summed E-state index contributed by atoms with van der Waals surface area (Å²) in [6.07, 6.45) is 0.0193. The molecule has 1 saturated heterocycles. The second kappa shape index (κ2) is 12.3. The van der Waals surface area contributed by atoms with Gasteiger partial charge in [-0.2, -0.15) is 0 Å². The maximum absolute atomic E-state index is 12.4. The zero-order valence-corrected chi connectivity index (χ0v) is 23.3. The fourth-order valence-corrected chi connectivity index (χ4v) is 4.44. The van der Waals surface area contributed by atoms with Gasteiger partial charge in [0.2, 0.25) is 0 Å². The van der Waals surface area contributed by atoms with Crippen LogP contribution in [-0.4, -0.2) is 30.3 Å². The van der Waals surface area contributed by atoms with Crippen LogP contribution >= 0.6 is 0 Å². The number of hydrogen-bond acceptors (Lipinski definition) is 7. The third-order valence-corrected chi connectivity index (χ3v) is 6.54. The summed E-state index contributed by atoms with van der Waals surface area (Å²) in [5.74, 6) is -0.951. The van der Waals surface area contributed by atoms with Crippen molar-refractivity contribution in [2.45, 2.75) is 20.0 Å². The van der Waals surface area contributed by atoms with Gasteiger partial charge in [0.1, 0.15) is 18.0 Å². The summed E-state index contributed by atoms with van der Waals surface area (Å²) in [6, 6.07) is 25.3. The van der Waals surface area contributed by atoms with Crippen molar-refractivity contribution < 1.29 is 53.5 Å². The number of aromatic nitrogens is 1. The molecule has 0 spiro atoms. The third-order valence-electron chi connectivity index (χ3n) is 6.54. The van der Waals surface area contributed by atoms with Gasteiger partial charge in [0.25, 0.3) is 0 Å². The number of carbonyl (C=O) groups is 2. The summed E-state index contributed by atoms with van der Waals surface area (Å²) in [4.78, 5) is 25.6. The molecule has 38 heavy (non-hydrogen) atoms. The Hall–Kier alpha value is -3.59. The summed E-state index contributed by atoms with van der Waals surface area (Å²) >= 11 is 0. The fourth-order valence-electron chi connectivity index (χ4n) is 4.44. The van der Waals surface area contributed by atoms with Crippen LogP contribution in [0.4, 0.5) is 16.2 Å². The number of nitrogens with one attached hydrogen (secondary N) is 1. The molecule has 0 saturated carbocycles. The van der Waals surface area contributed by atoms with E-state index in [4.69, 9.17) is 9.26 Å². The van der Waals surface area contributed by atoms with Crippen LogP contribution in [0.25, 0.3) is 22.5 Å². The summed E-state index contributed by atoms with van der Waals surface area (Å²) in [5, 5.41) is 17.9. The Morgan fingerprint density at radius 2 is 1.63 bits per heavy atom. The summed E-state index contributed by atoms with van der Waals surface area (Å²) in [6.45, 7) is 3.10. The largest absolute Gasteiger partial charge is 1.00 e. The monoisotopic (exact) mass is 519 g/mol. The summed E-state index contributed by atoms with van der Waals surface area (Å²) in [7, 11) is 0. The third kappa shape index (κ3) is 6.27. The van der Waals surface area contributed by atoms with Gasteiger partial charge in [-0.1, -0.05) is 71.9 Å². The number of rotatable bonds is 7. The van der Waals surface area contributed by atoms with Crippen molar-refractivity contribution in [1.82, 2.24) is 5.16 Å². The molecule has 1 unspecified atom stereocenters. The number of benzene rings is 3. The molecule has 3 aromatic carbocycles. The van der Waals surface area contributed by atoms with E-state index in [1.165, 1.54) is 0 Å². The minimum absolute atomic E-state index is 0. The molecule has 9 heteroatoms. The molecule has 188 valence electrons. The van der Waals surface area contributed by atoms with Crippen LogP contribution in [-0.2, 0) is 16.1 Å². The number of carboxylic acid groups (broad SMARTS) is 1. The number of amides is 1. The smallest absolute Gasteiger partial charge is 0.550 e. The minimum Gasteiger partial charge on any atom is -0.550 e. The SMILES string of the molecule is Cc1noc(-c2ccc(-c3ccc(N4CCC(C(=O)[O-])C4)cc3)cc2)c1NC(=O)OCc1ccccc1.[Na+]. The van der Waals surface area contributed by atoms with Crippen molar-refractivity contribution in [2.75, 3.05) is 23.3 Å². The molecule has 8 nitrogen and oxygen atoms in total. The second-order valence-corrected chi connectivity index (χ2v) is 9.03. The van der Waals surface area contributed by atoms with E-state index in [1.54, 1.807) is 6.92 Å². The summed E-state index contributed by atoms with van der Waals surface area (Å²) in [5.41, 5.74) is 5.72. The van der Waals surface area contributed by atoms with Crippen molar-refractivity contribution >= 4 is 23.4 Å². The van der Waals surface area contributed by atoms with E-state index in [0.717, 1.165) is 27.9 Å². The molecule has 0 aliphatic carbocycles. The molecule has 2 heterocycles. The molecule has 0 bridgehead atoms. The van der Waals surface area contributed by atoms with Gasteiger partial charge in [0.05, 0.1) is 0 Å². The molecular formula is C29H26N3NaO5. The number of carbonyl (C=O) groups excluding carboxylic acids is 2. The van der Waals surface area contributed by atoms with Crippen molar-refractivity contribution in [3.05, 3.63) is 90.1 Å². The second-order valence-electron chi connectivity index (χ2n) is 9.03. The minimum atomic E-state index is -0.983. The molecule has 1 amide bonds. The van der Waals surface area contributed by atoms with Crippen LogP contribution in [0.1, 0.15) is 17.7 Å². The van der Waals surface area contributed by atoms with Gasteiger partial charge >= 0.3 is 35.7 Å². The Morgan fingerprint density at radius 1 is 1.00 bits per heavy atom. The molecule has 1 aliphatic heterocycles. The number of anilines is 2. The van der Waals surface area contributed by atoms with Gasteiger partial charge in [0, 0.05) is 36.2 Å². The maximum Gasteiger partial charge on any atom is 1.00 e. The maximum atomic E-state index is 12.4. The average Bonchev–Trinajstić information content (AvgIpc) is 3.56. The Labute approximate surface area is 242 Å². The zero-order valence-electron chi connectivity index (χ0n) is 21.3. The summed E-state index contributed by atoms with van der Waals surface area (Å²) < 4.78 is 10.9. The molecule has 1 fully saturated rings. The molecular weight excluding hydrogens is 493 g/mol. The zero-order chi connectivity index (χ0) is 25.8. The number of hydrogen-bond donors (Lipinski definition) is 1. The first-order valence-electron chi connectivity index (χ1n) is 12.1. The van der Waals surface area contributed by atoms with E-state index in [-0.39, 0.29) is 36.2 Å². The molecule has 1 atom stereocenters. The first-order valence-corrected chi connectivity index (χ1v) is 12.1. The first-order chi connectivity index (χ1) is 18.0. The molecule has 4 aromatic rings. The molecule has 1 aromatic heterocycles. The number of carboxylic acids is 1. The quantitative estimate of drug-likeness (QED) is 0.370. The van der Waals surface area contributed by atoms with E-state index < -0.39 is 18.0 Å². The van der Waals surface area contributed by atoms with E-state index in [2.05, 4.69) is 15.4 Å². The van der Waals surface area contributed by atoms with Crippen LogP contribution in [0.3, 0.4) is 0 Å². The van der Waals surface area contributed by atoms with E-state index in [9.17, 15) is 14.7 Å². The van der Waals surface area contributed by atoms with E-state index >= 15 is 0 Å². The molecule has 1 aliphatic rings. The van der Waals surface area contributed by atoms with Crippen LogP contribution in [0, 0.1) is 12.8 Å². The van der Waals surface area contributed by atoms with Crippen LogP contribution in [0.15, 0.2) is 83.4 Å². The van der Waals surface area contributed by atoms with Crippen molar-refractivity contribution in [2.24, 2.45) is 5.92 Å². The predicted molar refractivity (Wildman–Crippen MR) is 138 cm³/mol. The number of ether oxygens (including phenoxy) is 1. The Kier molecular flexibility index (Phi) is 8.89. The van der Waals surface area contributed by atoms with Gasteiger partial charge in [-0.05, 0) is 42.2 Å². The number of aliphatic carboxylic acids is 1. The fraction of sp³-hybridized carbons (Fsp3) is 0.207.